The van der Waals surface area contributed by atoms with Gasteiger partial charge in [0.05, 0.1) is 6.61 Å². The molecule has 0 unspecified atom stereocenters. The molecule has 5 nitrogen and oxygen atoms in total. The van der Waals surface area contributed by atoms with E-state index in [1.807, 2.05) is 6.07 Å². The Morgan fingerprint density at radius 2 is 2.11 bits per heavy atom. The van der Waals surface area contributed by atoms with Crippen LogP contribution in [0.15, 0.2) is 39.5 Å². The van der Waals surface area contributed by atoms with Crippen LogP contribution >= 0.6 is 0 Å². The van der Waals surface area contributed by atoms with E-state index in [1.165, 1.54) is 4.90 Å². The molecule has 18 heavy (non-hydrogen) atoms. The average molecular weight is 245 g/mol. The van der Waals surface area contributed by atoms with Gasteiger partial charge in [-0.2, -0.15) is 0 Å². The van der Waals surface area contributed by atoms with Crippen LogP contribution in [0, 0.1) is 0 Å². The van der Waals surface area contributed by atoms with E-state index in [1.54, 1.807) is 24.3 Å². The van der Waals surface area contributed by atoms with Gasteiger partial charge in [-0.3, -0.25) is 4.79 Å². The molecule has 1 aromatic carbocycles. The third kappa shape index (κ3) is 1.78. The fourth-order valence-electron chi connectivity index (χ4n) is 1.96. The number of hydrogen-bond acceptors (Lipinski definition) is 4. The lowest BCUT2D eigenvalue weighted by molar-refractivity contribution is 0.0691. The molecule has 0 atom stereocenters. The van der Waals surface area contributed by atoms with Gasteiger partial charge < -0.3 is 14.1 Å². The number of ether oxygens (including phenoxy) is 1. The monoisotopic (exact) mass is 245 g/mol. The lowest BCUT2D eigenvalue weighted by Gasteiger charge is -2.12. The Balaban J connectivity index is 2.08. The highest BCUT2D eigenvalue weighted by Gasteiger charge is 2.23. The first-order chi connectivity index (χ1) is 8.75. The number of benzene rings is 1. The summed E-state index contributed by atoms with van der Waals surface area (Å²) in [5, 5.41) is 0.737. The molecular formula is C13H11NO4. The van der Waals surface area contributed by atoms with E-state index in [0.29, 0.717) is 18.7 Å². The highest BCUT2D eigenvalue weighted by molar-refractivity contribution is 5.96. The second kappa shape index (κ2) is 4.27. The van der Waals surface area contributed by atoms with Crippen molar-refractivity contribution in [1.82, 2.24) is 4.90 Å². The Labute approximate surface area is 103 Å². The van der Waals surface area contributed by atoms with E-state index in [-0.39, 0.29) is 18.2 Å². The zero-order valence-corrected chi connectivity index (χ0v) is 9.59. The standard InChI is InChI=1S/C13H11NO4/c15-12(14-5-6-17-8-14)10-7-9-3-1-2-4-11(9)18-13(10)16/h1-4,7H,5-6,8H2. The quantitative estimate of drug-likeness (QED) is 0.709. The summed E-state index contributed by atoms with van der Waals surface area (Å²) >= 11 is 0. The molecule has 1 amide bonds. The molecule has 5 heteroatoms. The number of rotatable bonds is 1. The summed E-state index contributed by atoms with van der Waals surface area (Å²) in [7, 11) is 0. The van der Waals surface area contributed by atoms with Gasteiger partial charge in [-0.1, -0.05) is 18.2 Å². The number of nitrogens with zero attached hydrogens (tertiary/aromatic N) is 1. The average Bonchev–Trinajstić information content (AvgIpc) is 2.91. The minimum absolute atomic E-state index is 0.0548. The molecule has 1 aliphatic rings. The maximum absolute atomic E-state index is 12.1. The molecule has 0 bridgehead atoms. The molecule has 0 aliphatic carbocycles. The predicted molar refractivity (Wildman–Crippen MR) is 64.3 cm³/mol. The van der Waals surface area contributed by atoms with E-state index >= 15 is 0 Å². The van der Waals surface area contributed by atoms with Gasteiger partial charge in [0.15, 0.2) is 0 Å². The number of carbonyl (C=O) groups excluding carboxylic acids is 1. The van der Waals surface area contributed by atoms with Crippen LogP contribution in [0.25, 0.3) is 11.0 Å². The highest BCUT2D eigenvalue weighted by Crippen LogP contribution is 2.14. The van der Waals surface area contributed by atoms with Gasteiger partial charge in [-0.25, -0.2) is 4.79 Å². The maximum atomic E-state index is 12.1. The molecule has 0 spiro atoms. The first kappa shape index (κ1) is 11.0. The van der Waals surface area contributed by atoms with Crippen LogP contribution in [-0.2, 0) is 4.74 Å². The molecule has 92 valence electrons. The van der Waals surface area contributed by atoms with Crippen LogP contribution in [0.1, 0.15) is 10.4 Å². The minimum atomic E-state index is -0.606. The summed E-state index contributed by atoms with van der Waals surface area (Å²) < 4.78 is 10.2. The first-order valence-electron chi connectivity index (χ1n) is 5.65. The van der Waals surface area contributed by atoms with Gasteiger partial charge >= 0.3 is 5.63 Å². The van der Waals surface area contributed by atoms with E-state index < -0.39 is 5.63 Å². The first-order valence-corrected chi connectivity index (χ1v) is 5.65. The number of hydrogen-bond donors (Lipinski definition) is 0. The zero-order chi connectivity index (χ0) is 12.5. The summed E-state index contributed by atoms with van der Waals surface area (Å²) in [5.41, 5.74) is -0.0680. The van der Waals surface area contributed by atoms with Crippen molar-refractivity contribution in [3.05, 3.63) is 46.3 Å². The molecule has 2 heterocycles. The number of para-hydroxylation sites is 1. The minimum Gasteiger partial charge on any atom is -0.422 e. The highest BCUT2D eigenvalue weighted by atomic mass is 16.5. The number of amides is 1. The Morgan fingerprint density at radius 1 is 1.28 bits per heavy atom. The van der Waals surface area contributed by atoms with Gasteiger partial charge in [0.1, 0.15) is 17.9 Å². The largest absolute Gasteiger partial charge is 0.422 e. The van der Waals surface area contributed by atoms with Crippen LogP contribution in [0.5, 0.6) is 0 Å². The van der Waals surface area contributed by atoms with Crippen LogP contribution in [-0.4, -0.2) is 30.7 Å². The maximum Gasteiger partial charge on any atom is 0.349 e. The van der Waals surface area contributed by atoms with Gasteiger partial charge in [0.25, 0.3) is 5.91 Å². The van der Waals surface area contributed by atoms with Crippen molar-refractivity contribution in [2.45, 2.75) is 0 Å². The zero-order valence-electron chi connectivity index (χ0n) is 9.59. The van der Waals surface area contributed by atoms with E-state index in [9.17, 15) is 9.59 Å². The fraction of sp³-hybridized carbons (Fsp3) is 0.231. The van der Waals surface area contributed by atoms with Crippen molar-refractivity contribution < 1.29 is 13.9 Å². The Hall–Kier alpha value is -2.14. The molecule has 1 fully saturated rings. The normalized spacial score (nSPS) is 15.2. The summed E-state index contributed by atoms with van der Waals surface area (Å²) in [6.45, 7) is 1.24. The van der Waals surface area contributed by atoms with Gasteiger partial charge in [0, 0.05) is 11.9 Å². The topological polar surface area (TPSA) is 59.8 Å². The SMILES string of the molecule is O=C(c1cc2ccccc2oc1=O)N1CCOC1. The van der Waals surface area contributed by atoms with Crippen molar-refractivity contribution in [3.63, 3.8) is 0 Å². The van der Waals surface area contributed by atoms with Crippen molar-refractivity contribution in [2.75, 3.05) is 19.9 Å². The molecule has 0 radical (unpaired) electrons. The van der Waals surface area contributed by atoms with E-state index in [4.69, 9.17) is 9.15 Å². The van der Waals surface area contributed by atoms with E-state index in [2.05, 4.69) is 0 Å². The molecule has 2 aromatic rings. The molecule has 3 rings (SSSR count). The summed E-state index contributed by atoms with van der Waals surface area (Å²) in [6.07, 6.45) is 0. The van der Waals surface area contributed by atoms with Crippen molar-refractivity contribution >= 4 is 16.9 Å². The van der Waals surface area contributed by atoms with Crippen molar-refractivity contribution in [2.24, 2.45) is 0 Å². The summed E-state index contributed by atoms with van der Waals surface area (Å²) in [5.74, 6) is -0.341. The van der Waals surface area contributed by atoms with E-state index in [0.717, 1.165) is 5.39 Å². The summed E-state index contributed by atoms with van der Waals surface area (Å²) in [6, 6.07) is 8.68. The van der Waals surface area contributed by atoms with Crippen LogP contribution < -0.4 is 5.63 Å². The lowest BCUT2D eigenvalue weighted by atomic mass is 10.1. The van der Waals surface area contributed by atoms with Crippen LogP contribution in [0.4, 0.5) is 0 Å². The van der Waals surface area contributed by atoms with Crippen LogP contribution in [0.2, 0.25) is 0 Å². The van der Waals surface area contributed by atoms with Gasteiger partial charge in [-0.15, -0.1) is 0 Å². The third-order valence-corrected chi connectivity index (χ3v) is 2.91. The van der Waals surface area contributed by atoms with Gasteiger partial charge in [-0.05, 0) is 12.1 Å². The second-order valence-electron chi connectivity index (χ2n) is 4.09. The molecule has 1 saturated heterocycles. The molecular weight excluding hydrogens is 234 g/mol. The Morgan fingerprint density at radius 3 is 2.89 bits per heavy atom. The van der Waals surface area contributed by atoms with Crippen LogP contribution in [0.3, 0.4) is 0 Å². The molecule has 1 aliphatic heterocycles. The Kier molecular flexibility index (Phi) is 2.60. The van der Waals surface area contributed by atoms with Crippen molar-refractivity contribution in [1.29, 1.82) is 0 Å². The third-order valence-electron chi connectivity index (χ3n) is 2.91. The van der Waals surface area contributed by atoms with Crippen molar-refractivity contribution in [3.8, 4) is 0 Å². The lowest BCUT2D eigenvalue weighted by Crippen LogP contribution is -2.31. The molecule has 0 N–H and O–H groups in total. The smallest absolute Gasteiger partial charge is 0.349 e. The number of fused-ring (bicyclic) bond motifs is 1. The second-order valence-corrected chi connectivity index (χ2v) is 4.09. The molecule has 1 aromatic heterocycles. The Bertz CT molecular complexity index is 655. The molecule has 0 saturated carbocycles. The fourth-order valence-corrected chi connectivity index (χ4v) is 1.96. The number of carbonyl (C=O) groups is 1. The van der Waals surface area contributed by atoms with Gasteiger partial charge in [0.2, 0.25) is 0 Å². The summed E-state index contributed by atoms with van der Waals surface area (Å²) in [4.78, 5) is 25.4. The predicted octanol–water partition coefficient (Wildman–Crippen LogP) is 1.22.